The minimum Gasteiger partial charge on any atom is -0.477 e. The van der Waals surface area contributed by atoms with E-state index in [1.807, 2.05) is 0 Å². The Morgan fingerprint density at radius 1 is 1.47 bits per heavy atom. The van der Waals surface area contributed by atoms with Crippen molar-refractivity contribution in [2.75, 3.05) is 26.8 Å². The molecule has 19 heavy (non-hydrogen) atoms. The normalized spacial score (nSPS) is 19.1. The van der Waals surface area contributed by atoms with Crippen LogP contribution in [0.25, 0.3) is 0 Å². The maximum Gasteiger partial charge on any atom is 0.345 e. The van der Waals surface area contributed by atoms with Crippen LogP contribution >= 0.6 is 11.3 Å². The standard InChI is InChI=1S/C13H17NO4S/c1-14(7-9-3-2-6-18-8-9)12(15)10-4-5-11(19-10)13(16)17/h4-5,9H,2-3,6-8H2,1H3,(H,16,17). The average Bonchev–Trinajstić information content (AvgIpc) is 2.88. The van der Waals surface area contributed by atoms with Gasteiger partial charge in [0.25, 0.3) is 5.91 Å². The van der Waals surface area contributed by atoms with Crippen molar-refractivity contribution in [2.45, 2.75) is 12.8 Å². The van der Waals surface area contributed by atoms with Crippen LogP contribution in [0.1, 0.15) is 32.2 Å². The summed E-state index contributed by atoms with van der Waals surface area (Å²) < 4.78 is 5.39. The summed E-state index contributed by atoms with van der Waals surface area (Å²) in [6, 6.07) is 3.04. The third-order valence-corrected chi connectivity index (χ3v) is 4.22. The first-order chi connectivity index (χ1) is 9.08. The molecule has 1 saturated heterocycles. The Labute approximate surface area is 115 Å². The van der Waals surface area contributed by atoms with Gasteiger partial charge in [0.1, 0.15) is 4.88 Å². The molecule has 104 valence electrons. The van der Waals surface area contributed by atoms with E-state index in [0.29, 0.717) is 23.9 Å². The summed E-state index contributed by atoms with van der Waals surface area (Å²) in [4.78, 5) is 25.3. The quantitative estimate of drug-likeness (QED) is 0.917. The lowest BCUT2D eigenvalue weighted by molar-refractivity contribution is 0.0390. The molecule has 6 heteroatoms. The number of carbonyl (C=O) groups excluding carboxylic acids is 1. The summed E-state index contributed by atoms with van der Waals surface area (Å²) in [5.74, 6) is -0.739. The van der Waals surface area contributed by atoms with Crippen molar-refractivity contribution in [3.63, 3.8) is 0 Å². The molecule has 1 atom stereocenters. The predicted octanol–water partition coefficient (Wildman–Crippen LogP) is 1.94. The number of nitrogens with zero attached hydrogens (tertiary/aromatic N) is 1. The lowest BCUT2D eigenvalue weighted by Gasteiger charge is -2.26. The molecule has 1 unspecified atom stereocenters. The van der Waals surface area contributed by atoms with Crippen molar-refractivity contribution >= 4 is 23.2 Å². The summed E-state index contributed by atoms with van der Waals surface area (Å²) in [6.07, 6.45) is 2.11. The number of carboxylic acid groups (broad SMARTS) is 1. The van der Waals surface area contributed by atoms with Gasteiger partial charge in [0.05, 0.1) is 11.5 Å². The first-order valence-corrected chi connectivity index (χ1v) is 7.06. The lowest BCUT2D eigenvalue weighted by Crippen LogP contribution is -2.34. The Balaban J connectivity index is 1.95. The lowest BCUT2D eigenvalue weighted by atomic mass is 10.0. The van der Waals surface area contributed by atoms with Crippen LogP contribution in [0.5, 0.6) is 0 Å². The Morgan fingerprint density at radius 2 is 2.21 bits per heavy atom. The molecule has 5 nitrogen and oxygen atoms in total. The summed E-state index contributed by atoms with van der Waals surface area (Å²) >= 11 is 1.02. The van der Waals surface area contributed by atoms with E-state index in [4.69, 9.17) is 9.84 Å². The number of carbonyl (C=O) groups is 2. The SMILES string of the molecule is CN(CC1CCCOC1)C(=O)c1ccc(C(=O)O)s1. The van der Waals surface area contributed by atoms with Gasteiger partial charge in [-0.05, 0) is 30.9 Å². The van der Waals surface area contributed by atoms with Gasteiger partial charge in [0.2, 0.25) is 0 Å². The molecule has 1 aromatic rings. The third-order valence-electron chi connectivity index (χ3n) is 3.16. The molecule has 0 radical (unpaired) electrons. The van der Waals surface area contributed by atoms with E-state index in [1.165, 1.54) is 6.07 Å². The van der Waals surface area contributed by atoms with Crippen LogP contribution in [0.15, 0.2) is 12.1 Å². The van der Waals surface area contributed by atoms with E-state index in [2.05, 4.69) is 0 Å². The fraction of sp³-hybridized carbons (Fsp3) is 0.538. The molecule has 2 heterocycles. The van der Waals surface area contributed by atoms with Gasteiger partial charge in [-0.1, -0.05) is 0 Å². The van der Waals surface area contributed by atoms with Crippen LogP contribution in [0.3, 0.4) is 0 Å². The van der Waals surface area contributed by atoms with E-state index in [1.54, 1.807) is 18.0 Å². The van der Waals surface area contributed by atoms with E-state index in [-0.39, 0.29) is 10.8 Å². The zero-order valence-electron chi connectivity index (χ0n) is 10.8. The van der Waals surface area contributed by atoms with Crippen molar-refractivity contribution in [1.29, 1.82) is 0 Å². The fourth-order valence-electron chi connectivity index (χ4n) is 2.18. The Bertz CT molecular complexity index is 465. The molecule has 0 bridgehead atoms. The number of aromatic carboxylic acids is 1. The van der Waals surface area contributed by atoms with Gasteiger partial charge < -0.3 is 14.7 Å². The molecule has 0 saturated carbocycles. The highest BCUT2D eigenvalue weighted by molar-refractivity contribution is 7.15. The topological polar surface area (TPSA) is 66.8 Å². The second kappa shape index (κ2) is 6.16. The number of hydrogen-bond donors (Lipinski definition) is 1. The Morgan fingerprint density at radius 3 is 2.79 bits per heavy atom. The summed E-state index contributed by atoms with van der Waals surface area (Å²) in [7, 11) is 1.75. The highest BCUT2D eigenvalue weighted by Crippen LogP contribution is 2.20. The number of thiophene rings is 1. The van der Waals surface area contributed by atoms with Crippen LogP contribution in [0.2, 0.25) is 0 Å². The Kier molecular flexibility index (Phi) is 4.55. The number of rotatable bonds is 4. The maximum absolute atomic E-state index is 12.2. The highest BCUT2D eigenvalue weighted by atomic mass is 32.1. The van der Waals surface area contributed by atoms with Gasteiger partial charge in [-0.3, -0.25) is 4.79 Å². The minimum atomic E-state index is -0.993. The zero-order chi connectivity index (χ0) is 13.8. The van der Waals surface area contributed by atoms with Crippen molar-refractivity contribution in [2.24, 2.45) is 5.92 Å². The predicted molar refractivity (Wildman–Crippen MR) is 71.8 cm³/mol. The van der Waals surface area contributed by atoms with Crippen LogP contribution in [-0.2, 0) is 4.74 Å². The number of carboxylic acids is 1. The largest absolute Gasteiger partial charge is 0.477 e. The second-order valence-electron chi connectivity index (χ2n) is 4.74. The molecule has 1 fully saturated rings. The molecule has 0 aliphatic carbocycles. The molecular weight excluding hydrogens is 266 g/mol. The van der Waals surface area contributed by atoms with Crippen LogP contribution in [0, 0.1) is 5.92 Å². The number of ether oxygens (including phenoxy) is 1. The third kappa shape index (κ3) is 3.54. The van der Waals surface area contributed by atoms with Gasteiger partial charge in [-0.15, -0.1) is 11.3 Å². The van der Waals surface area contributed by atoms with Crippen LogP contribution < -0.4 is 0 Å². The number of hydrogen-bond acceptors (Lipinski definition) is 4. The van der Waals surface area contributed by atoms with Gasteiger partial charge >= 0.3 is 5.97 Å². The molecule has 1 aromatic heterocycles. The van der Waals surface area contributed by atoms with E-state index in [0.717, 1.165) is 30.8 Å². The van der Waals surface area contributed by atoms with E-state index < -0.39 is 5.97 Å². The molecule has 2 rings (SSSR count). The molecule has 0 spiro atoms. The van der Waals surface area contributed by atoms with Crippen molar-refractivity contribution in [3.05, 3.63) is 21.9 Å². The maximum atomic E-state index is 12.2. The molecule has 1 aliphatic heterocycles. The molecule has 1 aliphatic rings. The first kappa shape index (κ1) is 14.0. The number of amides is 1. The molecule has 1 N–H and O–H groups in total. The summed E-state index contributed by atoms with van der Waals surface area (Å²) in [5.41, 5.74) is 0. The minimum absolute atomic E-state index is 0.122. The second-order valence-corrected chi connectivity index (χ2v) is 5.82. The molecule has 0 aromatic carbocycles. The van der Waals surface area contributed by atoms with E-state index in [9.17, 15) is 9.59 Å². The highest BCUT2D eigenvalue weighted by Gasteiger charge is 2.21. The fourth-order valence-corrected chi connectivity index (χ4v) is 3.02. The van der Waals surface area contributed by atoms with E-state index >= 15 is 0 Å². The van der Waals surface area contributed by atoms with Crippen LogP contribution in [0.4, 0.5) is 0 Å². The van der Waals surface area contributed by atoms with Crippen LogP contribution in [-0.4, -0.2) is 48.7 Å². The van der Waals surface area contributed by atoms with Crippen molar-refractivity contribution in [3.8, 4) is 0 Å². The molecule has 1 amide bonds. The summed E-state index contributed by atoms with van der Waals surface area (Å²) in [6.45, 7) is 2.16. The Hall–Kier alpha value is -1.40. The van der Waals surface area contributed by atoms with Gasteiger partial charge in [-0.2, -0.15) is 0 Å². The van der Waals surface area contributed by atoms with Gasteiger partial charge in [0, 0.05) is 20.2 Å². The monoisotopic (exact) mass is 283 g/mol. The van der Waals surface area contributed by atoms with Crippen molar-refractivity contribution < 1.29 is 19.4 Å². The van der Waals surface area contributed by atoms with Crippen molar-refractivity contribution in [1.82, 2.24) is 4.90 Å². The molecular formula is C13H17NO4S. The smallest absolute Gasteiger partial charge is 0.345 e. The average molecular weight is 283 g/mol. The first-order valence-electron chi connectivity index (χ1n) is 6.24. The zero-order valence-corrected chi connectivity index (χ0v) is 11.6. The van der Waals surface area contributed by atoms with Gasteiger partial charge in [0.15, 0.2) is 0 Å². The van der Waals surface area contributed by atoms with Gasteiger partial charge in [-0.25, -0.2) is 4.79 Å². The summed E-state index contributed by atoms with van der Waals surface area (Å²) in [5, 5.41) is 8.85.